The second-order valence-electron chi connectivity index (χ2n) is 8.48. The summed E-state index contributed by atoms with van der Waals surface area (Å²) in [6.07, 6.45) is 0.676. The van der Waals surface area contributed by atoms with Crippen LogP contribution in [0.1, 0.15) is 29.1 Å². The largest absolute Gasteiger partial charge is 0.347 e. The van der Waals surface area contributed by atoms with Crippen molar-refractivity contribution in [2.75, 3.05) is 43.4 Å². The van der Waals surface area contributed by atoms with Crippen molar-refractivity contribution >= 4 is 29.5 Å². The maximum atomic E-state index is 12.6. The van der Waals surface area contributed by atoms with Crippen molar-refractivity contribution in [3.63, 3.8) is 0 Å². The summed E-state index contributed by atoms with van der Waals surface area (Å²) in [7, 11) is 0. The highest BCUT2D eigenvalue weighted by molar-refractivity contribution is 7.98. The lowest BCUT2D eigenvalue weighted by molar-refractivity contribution is -0.133. The van der Waals surface area contributed by atoms with Crippen LogP contribution in [-0.4, -0.2) is 74.7 Å². The number of nitrogens with one attached hydrogen (secondary N) is 2. The molecule has 12 heteroatoms. The number of thioether (sulfide) groups is 1. The van der Waals surface area contributed by atoms with Crippen LogP contribution in [0, 0.1) is 13.8 Å². The Labute approximate surface area is 201 Å². The number of hydrogen-bond acceptors (Lipinski definition) is 8. The molecule has 11 nitrogen and oxygen atoms in total. The van der Waals surface area contributed by atoms with Crippen LogP contribution in [0.25, 0.3) is 0 Å². The van der Waals surface area contributed by atoms with Crippen molar-refractivity contribution in [3.05, 3.63) is 49.5 Å². The first kappa shape index (κ1) is 24.0. The number of fused-ring (bicyclic) bond motifs is 1. The average Bonchev–Trinajstić information content (AvgIpc) is 2.82. The van der Waals surface area contributed by atoms with Gasteiger partial charge in [0.2, 0.25) is 17.8 Å². The number of nitrogens with zero attached hydrogens (tertiary/aromatic N) is 5. The standard InChI is InChI=1S/C22H29N7O4S/c1-14-11-15(2)25-21(24-14)28-8-6-27(7-9-28)19(31)12-23-18(30)3-5-29-17-4-10-34-13-16(17)20(32)26-22(29)33/h11H,3-10,12-13H2,1-2H3,(H,23,30)(H,26,32,33). The maximum Gasteiger partial charge on any atom is 0.328 e. The third kappa shape index (κ3) is 5.49. The van der Waals surface area contributed by atoms with Gasteiger partial charge < -0.3 is 15.1 Å². The number of anilines is 1. The summed E-state index contributed by atoms with van der Waals surface area (Å²) < 4.78 is 1.48. The molecule has 182 valence electrons. The van der Waals surface area contributed by atoms with Gasteiger partial charge in [-0.15, -0.1) is 0 Å². The van der Waals surface area contributed by atoms with Gasteiger partial charge in [0.1, 0.15) is 0 Å². The molecule has 0 bridgehead atoms. The van der Waals surface area contributed by atoms with Crippen LogP contribution in [0.5, 0.6) is 0 Å². The summed E-state index contributed by atoms with van der Waals surface area (Å²) in [5.41, 5.74) is 2.30. The van der Waals surface area contributed by atoms with Gasteiger partial charge in [0, 0.05) is 67.5 Å². The Kier molecular flexibility index (Phi) is 7.35. The van der Waals surface area contributed by atoms with Gasteiger partial charge in [-0.3, -0.25) is 23.9 Å². The molecule has 0 saturated carbocycles. The first-order valence-electron chi connectivity index (χ1n) is 11.4. The van der Waals surface area contributed by atoms with Crippen LogP contribution in [0.3, 0.4) is 0 Å². The summed E-state index contributed by atoms with van der Waals surface area (Å²) >= 11 is 1.65. The molecule has 2 aromatic rings. The number of hydrogen-bond donors (Lipinski definition) is 2. The molecule has 0 aromatic carbocycles. The van der Waals surface area contributed by atoms with Gasteiger partial charge in [0.25, 0.3) is 5.56 Å². The molecule has 0 radical (unpaired) electrons. The first-order chi connectivity index (χ1) is 16.3. The van der Waals surface area contributed by atoms with E-state index in [1.54, 1.807) is 16.7 Å². The van der Waals surface area contributed by atoms with Gasteiger partial charge in [-0.25, -0.2) is 14.8 Å². The predicted octanol–water partition coefficient (Wildman–Crippen LogP) is -0.412. The van der Waals surface area contributed by atoms with Gasteiger partial charge >= 0.3 is 5.69 Å². The fraction of sp³-hybridized carbons (Fsp3) is 0.545. The molecule has 34 heavy (non-hydrogen) atoms. The number of carbonyl (C=O) groups excluding carboxylic acids is 2. The molecule has 2 N–H and O–H groups in total. The van der Waals surface area contributed by atoms with Gasteiger partial charge in [0.05, 0.1) is 6.54 Å². The fourth-order valence-electron chi connectivity index (χ4n) is 4.26. The molecule has 2 amide bonds. The highest BCUT2D eigenvalue weighted by atomic mass is 32.2. The number of carbonyl (C=O) groups is 2. The van der Waals surface area contributed by atoms with Crippen LogP contribution in [0.2, 0.25) is 0 Å². The average molecular weight is 488 g/mol. The molecule has 0 unspecified atom stereocenters. The van der Waals surface area contributed by atoms with Crippen LogP contribution in [0.15, 0.2) is 15.7 Å². The molecule has 4 rings (SSSR count). The van der Waals surface area contributed by atoms with E-state index in [9.17, 15) is 19.2 Å². The lowest BCUT2D eigenvalue weighted by Gasteiger charge is -2.35. The van der Waals surface area contributed by atoms with Crippen LogP contribution < -0.4 is 21.5 Å². The van der Waals surface area contributed by atoms with E-state index in [-0.39, 0.29) is 36.9 Å². The Hall–Kier alpha value is -3.15. The smallest absolute Gasteiger partial charge is 0.328 e. The van der Waals surface area contributed by atoms with E-state index in [0.717, 1.165) is 17.1 Å². The third-order valence-corrected chi connectivity index (χ3v) is 7.01. The van der Waals surface area contributed by atoms with Gasteiger partial charge in [-0.1, -0.05) is 0 Å². The Bertz CT molecular complexity index is 1180. The zero-order valence-electron chi connectivity index (χ0n) is 19.4. The minimum atomic E-state index is -0.495. The number of amides is 2. The van der Waals surface area contributed by atoms with E-state index in [0.29, 0.717) is 55.6 Å². The molecule has 2 aliphatic heterocycles. The number of piperazine rings is 1. The SMILES string of the molecule is Cc1cc(C)nc(N2CCN(C(=O)CNC(=O)CCn3c4c(c(=O)[nH]c3=O)CSCC4)CC2)n1. The highest BCUT2D eigenvalue weighted by Crippen LogP contribution is 2.20. The Morgan fingerprint density at radius 1 is 1.12 bits per heavy atom. The van der Waals surface area contributed by atoms with Crippen molar-refractivity contribution < 1.29 is 9.59 Å². The fourth-order valence-corrected chi connectivity index (χ4v) is 5.25. The zero-order chi connectivity index (χ0) is 24.2. The van der Waals surface area contributed by atoms with Crippen LogP contribution in [0.4, 0.5) is 5.95 Å². The Morgan fingerprint density at radius 3 is 2.53 bits per heavy atom. The minimum Gasteiger partial charge on any atom is -0.347 e. The van der Waals surface area contributed by atoms with Crippen LogP contribution in [-0.2, 0) is 28.3 Å². The summed E-state index contributed by atoms with van der Waals surface area (Å²) in [5.74, 6) is 1.61. The van der Waals surface area contributed by atoms with Gasteiger partial charge in [-0.2, -0.15) is 11.8 Å². The predicted molar refractivity (Wildman–Crippen MR) is 129 cm³/mol. The second-order valence-corrected chi connectivity index (χ2v) is 9.59. The lowest BCUT2D eigenvalue weighted by Crippen LogP contribution is -2.51. The zero-order valence-corrected chi connectivity index (χ0v) is 20.2. The van der Waals surface area contributed by atoms with E-state index >= 15 is 0 Å². The third-order valence-electron chi connectivity index (χ3n) is 6.03. The molecule has 0 spiro atoms. The van der Waals surface area contributed by atoms with Crippen LogP contribution >= 0.6 is 11.8 Å². The molecule has 4 heterocycles. The topological polar surface area (TPSA) is 133 Å². The molecule has 0 atom stereocenters. The Balaban J connectivity index is 1.25. The molecule has 0 aliphatic carbocycles. The summed E-state index contributed by atoms with van der Waals surface area (Å²) in [6, 6.07) is 1.92. The summed E-state index contributed by atoms with van der Waals surface area (Å²) in [4.78, 5) is 64.3. The van der Waals surface area contributed by atoms with Crippen molar-refractivity contribution in [2.24, 2.45) is 0 Å². The Morgan fingerprint density at radius 2 is 1.82 bits per heavy atom. The first-order valence-corrected chi connectivity index (χ1v) is 12.5. The number of aryl methyl sites for hydroxylation is 2. The molecular formula is C22H29N7O4S. The number of aromatic amines is 1. The number of H-pyrrole nitrogens is 1. The molecule has 1 saturated heterocycles. The van der Waals surface area contributed by atoms with E-state index in [1.807, 2.05) is 19.9 Å². The number of rotatable bonds is 6. The van der Waals surface area contributed by atoms with Gasteiger partial charge in [-0.05, 0) is 32.1 Å². The second kappa shape index (κ2) is 10.4. The normalized spacial score (nSPS) is 15.7. The number of aromatic nitrogens is 4. The van der Waals surface area contributed by atoms with E-state index in [4.69, 9.17) is 0 Å². The molecule has 1 fully saturated rings. The molecular weight excluding hydrogens is 458 g/mol. The van der Waals surface area contributed by atoms with E-state index in [2.05, 4.69) is 25.2 Å². The van der Waals surface area contributed by atoms with E-state index < -0.39 is 5.69 Å². The monoisotopic (exact) mass is 487 g/mol. The van der Waals surface area contributed by atoms with Crippen molar-refractivity contribution in [2.45, 2.75) is 39.0 Å². The molecule has 2 aromatic heterocycles. The minimum absolute atomic E-state index is 0.0522. The molecule has 2 aliphatic rings. The van der Waals surface area contributed by atoms with Crippen molar-refractivity contribution in [1.29, 1.82) is 0 Å². The summed E-state index contributed by atoms with van der Waals surface area (Å²) in [6.45, 7) is 6.25. The maximum absolute atomic E-state index is 12.6. The van der Waals surface area contributed by atoms with Crippen molar-refractivity contribution in [1.82, 2.24) is 29.7 Å². The van der Waals surface area contributed by atoms with Gasteiger partial charge in [0.15, 0.2) is 0 Å². The quantitative estimate of drug-likeness (QED) is 0.562. The highest BCUT2D eigenvalue weighted by Gasteiger charge is 2.23. The summed E-state index contributed by atoms with van der Waals surface area (Å²) in [5, 5.41) is 2.66. The lowest BCUT2D eigenvalue weighted by atomic mass is 10.2. The van der Waals surface area contributed by atoms with Crippen molar-refractivity contribution in [3.8, 4) is 0 Å². The van der Waals surface area contributed by atoms with E-state index in [1.165, 1.54) is 4.57 Å².